The molecule has 102 valence electrons. The fourth-order valence-electron chi connectivity index (χ4n) is 2.40. The van der Waals surface area contributed by atoms with Crippen LogP contribution in [0.2, 0.25) is 0 Å². The van der Waals surface area contributed by atoms with Crippen LogP contribution in [0.15, 0.2) is 16.5 Å². The molecule has 1 aliphatic heterocycles. The van der Waals surface area contributed by atoms with Crippen molar-refractivity contribution in [2.75, 3.05) is 34.4 Å². The van der Waals surface area contributed by atoms with Crippen LogP contribution in [0.1, 0.15) is 11.5 Å². The van der Waals surface area contributed by atoms with Gasteiger partial charge in [-0.3, -0.25) is 4.90 Å². The number of hydrogen-bond donors (Lipinski definition) is 1. The summed E-state index contributed by atoms with van der Waals surface area (Å²) in [6, 6.07) is 4.05. The van der Waals surface area contributed by atoms with Crippen molar-refractivity contribution in [2.45, 2.75) is 25.3 Å². The molecule has 5 heteroatoms. The lowest BCUT2D eigenvalue weighted by Crippen LogP contribution is -2.27. The Balaban J connectivity index is 1.89. The van der Waals surface area contributed by atoms with Gasteiger partial charge in [-0.15, -0.1) is 0 Å². The Bertz CT molecular complexity index is 355. The van der Waals surface area contributed by atoms with E-state index in [0.717, 1.165) is 37.7 Å². The van der Waals surface area contributed by atoms with E-state index >= 15 is 0 Å². The van der Waals surface area contributed by atoms with Gasteiger partial charge in [0.05, 0.1) is 25.3 Å². The number of methoxy groups -OCH3 is 2. The SMILES string of the molecule is CNCc1ccc(CN2CC(OC)C(OC)C2)o1. The summed E-state index contributed by atoms with van der Waals surface area (Å²) in [5.41, 5.74) is 0. The van der Waals surface area contributed by atoms with E-state index in [-0.39, 0.29) is 12.2 Å². The van der Waals surface area contributed by atoms with E-state index in [4.69, 9.17) is 13.9 Å². The van der Waals surface area contributed by atoms with Crippen molar-refractivity contribution in [1.29, 1.82) is 0 Å². The lowest BCUT2D eigenvalue weighted by Gasteiger charge is -2.13. The van der Waals surface area contributed by atoms with E-state index < -0.39 is 0 Å². The number of nitrogens with one attached hydrogen (secondary N) is 1. The van der Waals surface area contributed by atoms with Gasteiger partial charge in [-0.2, -0.15) is 0 Å². The number of hydrogen-bond acceptors (Lipinski definition) is 5. The van der Waals surface area contributed by atoms with Crippen LogP contribution in [0.4, 0.5) is 0 Å². The first-order valence-corrected chi connectivity index (χ1v) is 6.27. The van der Waals surface area contributed by atoms with Crippen molar-refractivity contribution in [3.05, 3.63) is 23.7 Å². The molecule has 1 aliphatic rings. The number of ether oxygens (including phenoxy) is 2. The summed E-state index contributed by atoms with van der Waals surface area (Å²) in [6.07, 6.45) is 0.309. The van der Waals surface area contributed by atoms with E-state index in [9.17, 15) is 0 Å². The lowest BCUT2D eigenvalue weighted by molar-refractivity contribution is -0.00461. The van der Waals surface area contributed by atoms with Crippen molar-refractivity contribution >= 4 is 0 Å². The summed E-state index contributed by atoms with van der Waals surface area (Å²) in [4.78, 5) is 2.30. The van der Waals surface area contributed by atoms with Gasteiger partial charge in [0.1, 0.15) is 11.5 Å². The second-order valence-corrected chi connectivity index (χ2v) is 4.64. The summed E-state index contributed by atoms with van der Waals surface area (Å²) in [7, 11) is 5.38. The molecule has 0 aliphatic carbocycles. The van der Waals surface area contributed by atoms with Crippen molar-refractivity contribution in [3.8, 4) is 0 Å². The number of nitrogens with zero attached hydrogens (tertiary/aromatic N) is 1. The normalized spacial score (nSPS) is 24.8. The first-order valence-electron chi connectivity index (χ1n) is 6.27. The van der Waals surface area contributed by atoms with E-state index in [1.54, 1.807) is 14.2 Å². The standard InChI is InChI=1S/C13H22N2O3/c1-14-6-10-4-5-11(18-10)7-15-8-12(16-2)13(9-15)17-3/h4-5,12-14H,6-9H2,1-3H3. The molecule has 5 nitrogen and oxygen atoms in total. The minimum atomic E-state index is 0.154. The summed E-state index contributed by atoms with van der Waals surface area (Å²) < 4.78 is 16.6. The van der Waals surface area contributed by atoms with Crippen molar-refractivity contribution < 1.29 is 13.9 Å². The molecule has 0 spiro atoms. The van der Waals surface area contributed by atoms with Gasteiger partial charge in [-0.25, -0.2) is 0 Å². The summed E-state index contributed by atoms with van der Waals surface area (Å²) in [5.74, 6) is 1.96. The Kier molecular flexibility index (Phi) is 4.77. The lowest BCUT2D eigenvalue weighted by atomic mass is 10.3. The maximum Gasteiger partial charge on any atom is 0.118 e. The van der Waals surface area contributed by atoms with Crippen LogP contribution in [0.5, 0.6) is 0 Å². The highest BCUT2D eigenvalue weighted by Crippen LogP contribution is 2.19. The molecule has 2 heterocycles. The smallest absolute Gasteiger partial charge is 0.118 e. The fraction of sp³-hybridized carbons (Fsp3) is 0.692. The Morgan fingerprint density at radius 1 is 1.22 bits per heavy atom. The maximum absolute atomic E-state index is 5.74. The molecule has 1 aromatic rings. The zero-order valence-electron chi connectivity index (χ0n) is 11.3. The van der Waals surface area contributed by atoms with Crippen molar-refractivity contribution in [3.63, 3.8) is 0 Å². The molecule has 0 aromatic carbocycles. The van der Waals surface area contributed by atoms with E-state index in [1.165, 1.54) is 0 Å². The predicted molar refractivity (Wildman–Crippen MR) is 68.3 cm³/mol. The highest BCUT2D eigenvalue weighted by molar-refractivity contribution is 5.07. The van der Waals surface area contributed by atoms with Gasteiger partial charge in [0.15, 0.2) is 0 Å². The summed E-state index contributed by atoms with van der Waals surface area (Å²) >= 11 is 0. The molecule has 1 fully saturated rings. The van der Waals surface area contributed by atoms with Gasteiger partial charge in [0.2, 0.25) is 0 Å². The van der Waals surface area contributed by atoms with Crippen LogP contribution in [0.25, 0.3) is 0 Å². The zero-order valence-corrected chi connectivity index (χ0v) is 11.3. The average Bonchev–Trinajstić information content (AvgIpc) is 2.97. The number of likely N-dealkylation sites (tertiary alicyclic amines) is 1. The molecular formula is C13H22N2O3. The van der Waals surface area contributed by atoms with Crippen LogP contribution in [0.3, 0.4) is 0 Å². The zero-order chi connectivity index (χ0) is 13.0. The number of furan rings is 1. The monoisotopic (exact) mass is 254 g/mol. The van der Waals surface area contributed by atoms with Crippen molar-refractivity contribution in [1.82, 2.24) is 10.2 Å². The van der Waals surface area contributed by atoms with Crippen LogP contribution in [0, 0.1) is 0 Å². The Hall–Kier alpha value is -0.880. The third-order valence-electron chi connectivity index (χ3n) is 3.34. The Morgan fingerprint density at radius 3 is 2.39 bits per heavy atom. The maximum atomic E-state index is 5.74. The van der Waals surface area contributed by atoms with Crippen LogP contribution >= 0.6 is 0 Å². The third-order valence-corrected chi connectivity index (χ3v) is 3.34. The molecule has 2 atom stereocenters. The van der Waals surface area contributed by atoms with Gasteiger partial charge >= 0.3 is 0 Å². The first-order chi connectivity index (χ1) is 8.76. The molecule has 1 saturated heterocycles. The van der Waals surface area contributed by atoms with Gasteiger partial charge in [-0.1, -0.05) is 0 Å². The second-order valence-electron chi connectivity index (χ2n) is 4.64. The topological polar surface area (TPSA) is 46.9 Å². The second kappa shape index (κ2) is 6.33. The van der Waals surface area contributed by atoms with E-state index in [1.807, 2.05) is 19.2 Å². The molecule has 2 rings (SSSR count). The molecule has 0 amide bonds. The first kappa shape index (κ1) is 13.5. The van der Waals surface area contributed by atoms with Gasteiger partial charge in [0.25, 0.3) is 0 Å². The molecule has 2 unspecified atom stereocenters. The molecule has 0 radical (unpaired) electrons. The largest absolute Gasteiger partial charge is 0.463 e. The predicted octanol–water partition coefficient (Wildman–Crippen LogP) is 0.845. The highest BCUT2D eigenvalue weighted by Gasteiger charge is 2.33. The van der Waals surface area contributed by atoms with Crippen LogP contribution in [-0.4, -0.2) is 51.5 Å². The van der Waals surface area contributed by atoms with Gasteiger partial charge in [0, 0.05) is 27.3 Å². The minimum absolute atomic E-state index is 0.154. The van der Waals surface area contributed by atoms with Crippen LogP contribution < -0.4 is 5.32 Å². The quantitative estimate of drug-likeness (QED) is 0.815. The minimum Gasteiger partial charge on any atom is -0.463 e. The summed E-state index contributed by atoms with van der Waals surface area (Å²) in [5, 5.41) is 3.08. The molecule has 0 bridgehead atoms. The Morgan fingerprint density at radius 2 is 1.83 bits per heavy atom. The molecule has 1 aromatic heterocycles. The highest BCUT2D eigenvalue weighted by atomic mass is 16.5. The average molecular weight is 254 g/mol. The third kappa shape index (κ3) is 3.11. The summed E-state index contributed by atoms with van der Waals surface area (Å²) in [6.45, 7) is 3.35. The molecule has 1 N–H and O–H groups in total. The molecule has 0 saturated carbocycles. The van der Waals surface area contributed by atoms with Crippen LogP contribution in [-0.2, 0) is 22.6 Å². The van der Waals surface area contributed by atoms with Gasteiger partial charge in [-0.05, 0) is 19.2 Å². The molecule has 18 heavy (non-hydrogen) atoms. The fourth-order valence-corrected chi connectivity index (χ4v) is 2.40. The number of rotatable bonds is 6. The van der Waals surface area contributed by atoms with E-state index in [2.05, 4.69) is 10.2 Å². The van der Waals surface area contributed by atoms with Gasteiger partial charge < -0.3 is 19.2 Å². The van der Waals surface area contributed by atoms with Crippen molar-refractivity contribution in [2.24, 2.45) is 0 Å². The molecular weight excluding hydrogens is 232 g/mol. The van der Waals surface area contributed by atoms with E-state index in [0.29, 0.717) is 0 Å². The Labute approximate surface area is 108 Å².